The highest BCUT2D eigenvalue weighted by Crippen LogP contribution is 2.49. The van der Waals surface area contributed by atoms with Gasteiger partial charge in [-0.2, -0.15) is 0 Å². The van der Waals surface area contributed by atoms with Gasteiger partial charge in [0.1, 0.15) is 23.9 Å². The molecule has 0 radical (unpaired) electrons. The van der Waals surface area contributed by atoms with Gasteiger partial charge in [-0.3, -0.25) is 0 Å². The topological polar surface area (TPSA) is 74.3 Å². The van der Waals surface area contributed by atoms with Gasteiger partial charge in [0.15, 0.2) is 19.7 Å². The summed E-state index contributed by atoms with van der Waals surface area (Å²) in [6, 6.07) is 11.2. The Morgan fingerprint density at radius 2 is 1.72 bits per heavy atom. The molecule has 2 aromatic carbocycles. The van der Waals surface area contributed by atoms with Crippen molar-refractivity contribution in [1.29, 1.82) is 0 Å². The number of rotatable bonds is 10. The van der Waals surface area contributed by atoms with Crippen molar-refractivity contribution in [3.05, 3.63) is 71.0 Å². The van der Waals surface area contributed by atoms with Crippen LogP contribution in [0.5, 0.6) is 11.5 Å². The maximum absolute atomic E-state index is 16.6. The molecule has 3 heterocycles. The van der Waals surface area contributed by atoms with Gasteiger partial charge in [-0.25, -0.2) is 14.4 Å². The zero-order valence-electron chi connectivity index (χ0n) is 26.1. The largest absolute Gasteiger partial charge is 0.493 e. The van der Waals surface area contributed by atoms with Crippen molar-refractivity contribution in [3.63, 3.8) is 0 Å². The minimum atomic E-state index is -2.32. The summed E-state index contributed by atoms with van der Waals surface area (Å²) in [5.74, 6) is 0.649. The highest BCUT2D eigenvalue weighted by molar-refractivity contribution is 6.82. The predicted molar refractivity (Wildman–Crippen MR) is 174 cm³/mol. The van der Waals surface area contributed by atoms with E-state index in [1.807, 2.05) is 48.1 Å². The first-order chi connectivity index (χ1) is 20.5. The van der Waals surface area contributed by atoms with E-state index in [9.17, 15) is 5.11 Å². The quantitative estimate of drug-likeness (QED) is 0.158. The molecule has 228 valence electrons. The molecule has 43 heavy (non-hydrogen) atoms. The van der Waals surface area contributed by atoms with E-state index in [4.69, 9.17) is 31.0 Å². The van der Waals surface area contributed by atoms with Crippen molar-refractivity contribution >= 4 is 41.9 Å². The second kappa shape index (κ2) is 11.9. The van der Waals surface area contributed by atoms with Gasteiger partial charge < -0.3 is 23.4 Å². The van der Waals surface area contributed by atoms with Crippen LogP contribution in [0.4, 0.5) is 4.39 Å². The highest BCUT2D eigenvalue weighted by atomic mass is 35.5. The van der Waals surface area contributed by atoms with E-state index < -0.39 is 20.7 Å². The minimum Gasteiger partial charge on any atom is -0.493 e. The number of para-hydroxylation sites is 2. The molecule has 0 aliphatic carbocycles. The Bertz CT molecular complexity index is 1770. The molecule has 0 saturated carbocycles. The number of aromatic nitrogens is 4. The molecule has 3 aromatic heterocycles. The number of pyridine rings is 1. The zero-order valence-corrected chi connectivity index (χ0v) is 27.8. The summed E-state index contributed by atoms with van der Waals surface area (Å²) in [7, 11) is 1.12. The number of ether oxygens (including phenoxy) is 2. The minimum absolute atomic E-state index is 0.0762. The maximum atomic E-state index is 16.6. The standard InChI is InChI=1S/C33H40ClFN4O3Si/c1-19(2)43(20(3)4,21(5)6)39-16-25(24-14-23(34)15-36-33(24)39)30-31(35)22(17-40)13-28(41-8)32(30)42-18-29-37-26-11-9-10-12-27(26)38(29)7/h9-16,19-21,40H,17-18H2,1-8H3. The van der Waals surface area contributed by atoms with Crippen molar-refractivity contribution in [3.8, 4) is 22.6 Å². The number of benzene rings is 2. The van der Waals surface area contributed by atoms with Gasteiger partial charge in [-0.05, 0) is 40.9 Å². The van der Waals surface area contributed by atoms with E-state index in [2.05, 4.69) is 45.8 Å². The average Bonchev–Trinajstić information content (AvgIpc) is 3.48. The molecule has 1 N–H and O–H groups in total. The van der Waals surface area contributed by atoms with Crippen LogP contribution in [0.25, 0.3) is 33.2 Å². The summed E-state index contributed by atoms with van der Waals surface area (Å²) < 4.78 is 33.0. The molecule has 0 bridgehead atoms. The van der Waals surface area contributed by atoms with E-state index >= 15 is 4.39 Å². The highest BCUT2D eigenvalue weighted by Gasteiger charge is 2.46. The van der Waals surface area contributed by atoms with Gasteiger partial charge in [-0.15, -0.1) is 0 Å². The molecular formula is C33H40ClFN4O3Si. The van der Waals surface area contributed by atoms with Crippen LogP contribution >= 0.6 is 11.6 Å². The van der Waals surface area contributed by atoms with Crippen LogP contribution in [-0.4, -0.2) is 39.2 Å². The van der Waals surface area contributed by atoms with Gasteiger partial charge in [0.05, 0.1) is 35.3 Å². The Morgan fingerprint density at radius 3 is 2.33 bits per heavy atom. The van der Waals surface area contributed by atoms with E-state index in [1.165, 1.54) is 13.2 Å². The molecule has 5 rings (SSSR count). The number of fused-ring (bicyclic) bond motifs is 2. The Morgan fingerprint density at radius 1 is 1.05 bits per heavy atom. The molecule has 0 atom stereocenters. The fraction of sp³-hybridized carbons (Fsp3) is 0.394. The number of aliphatic hydroxyl groups excluding tert-OH is 1. The molecule has 0 saturated heterocycles. The van der Waals surface area contributed by atoms with Crippen molar-refractivity contribution in [2.75, 3.05) is 7.11 Å². The van der Waals surface area contributed by atoms with Crippen molar-refractivity contribution in [2.24, 2.45) is 7.05 Å². The van der Waals surface area contributed by atoms with Crippen molar-refractivity contribution in [2.45, 2.75) is 71.4 Å². The van der Waals surface area contributed by atoms with Crippen LogP contribution in [0.1, 0.15) is 52.9 Å². The third-order valence-electron chi connectivity index (χ3n) is 8.94. The predicted octanol–water partition coefficient (Wildman–Crippen LogP) is 8.49. The van der Waals surface area contributed by atoms with Crippen LogP contribution in [0.2, 0.25) is 21.6 Å². The molecule has 0 unspecified atom stereocenters. The van der Waals surface area contributed by atoms with Gasteiger partial charge >= 0.3 is 0 Å². The Kier molecular flexibility index (Phi) is 8.62. The fourth-order valence-corrected chi connectivity index (χ4v) is 13.9. The molecule has 0 fully saturated rings. The van der Waals surface area contributed by atoms with E-state index in [0.29, 0.717) is 38.8 Å². The van der Waals surface area contributed by atoms with Crippen LogP contribution in [0.15, 0.2) is 48.8 Å². The number of hydrogen-bond acceptors (Lipinski definition) is 5. The number of imidazole rings is 1. The van der Waals surface area contributed by atoms with Crippen molar-refractivity contribution < 1.29 is 19.0 Å². The average molecular weight is 623 g/mol. The summed E-state index contributed by atoms with van der Waals surface area (Å²) in [5, 5.41) is 11.3. The third kappa shape index (κ3) is 5.01. The smallest absolute Gasteiger partial charge is 0.172 e. The first kappa shape index (κ1) is 31.0. The van der Waals surface area contributed by atoms with Crippen LogP contribution < -0.4 is 9.47 Å². The molecular weight excluding hydrogens is 583 g/mol. The Balaban J connectivity index is 1.79. The first-order valence-corrected chi connectivity index (χ1v) is 17.2. The number of nitrogens with zero attached hydrogens (tertiary/aromatic N) is 4. The molecule has 10 heteroatoms. The van der Waals surface area contributed by atoms with Gasteiger partial charge in [-0.1, -0.05) is 65.3 Å². The number of aryl methyl sites for hydroxylation is 1. The monoisotopic (exact) mass is 622 g/mol. The Hall–Kier alpha value is -3.40. The normalized spacial score (nSPS) is 12.4. The van der Waals surface area contributed by atoms with Crippen molar-refractivity contribution in [1.82, 2.24) is 18.8 Å². The lowest BCUT2D eigenvalue weighted by molar-refractivity contribution is 0.264. The lowest BCUT2D eigenvalue weighted by Gasteiger charge is -2.44. The Labute approximate surface area is 258 Å². The number of halogens is 2. The van der Waals surface area contributed by atoms with E-state index in [0.717, 1.165) is 22.1 Å². The van der Waals surface area contributed by atoms with Crippen LogP contribution in [-0.2, 0) is 20.3 Å². The number of hydrogen-bond donors (Lipinski definition) is 1. The summed E-state index contributed by atoms with van der Waals surface area (Å²) in [6.45, 7) is 13.2. The van der Waals surface area contributed by atoms with Crippen LogP contribution in [0.3, 0.4) is 0 Å². The van der Waals surface area contributed by atoms with Gasteiger partial charge in [0.25, 0.3) is 0 Å². The van der Waals surface area contributed by atoms with E-state index in [1.54, 1.807) is 6.20 Å². The van der Waals surface area contributed by atoms with Gasteiger partial charge in [0, 0.05) is 36.0 Å². The third-order valence-corrected chi connectivity index (χ3v) is 15.9. The summed E-state index contributed by atoms with van der Waals surface area (Å²) in [5.41, 5.74) is 4.58. The SMILES string of the molecule is COc1cc(CO)c(F)c(-c2cn([Si](C(C)C)(C(C)C)C(C)C)c3ncc(Cl)cc23)c1OCc1nc2ccccc2n1C. The number of aliphatic hydroxyl groups is 1. The number of methoxy groups -OCH3 is 1. The summed E-state index contributed by atoms with van der Waals surface area (Å²) in [6.07, 6.45) is 3.68. The molecule has 7 nitrogen and oxygen atoms in total. The maximum Gasteiger partial charge on any atom is 0.172 e. The lowest BCUT2D eigenvalue weighted by Crippen LogP contribution is -2.51. The molecule has 0 aliphatic heterocycles. The fourth-order valence-electron chi connectivity index (χ4n) is 7.19. The van der Waals surface area contributed by atoms with Crippen LogP contribution in [0, 0.1) is 5.82 Å². The lowest BCUT2D eigenvalue weighted by atomic mass is 10.00. The second-order valence-electron chi connectivity index (χ2n) is 12.1. The molecule has 5 aromatic rings. The zero-order chi connectivity index (χ0) is 31.2. The molecule has 0 aliphatic rings. The first-order valence-electron chi connectivity index (χ1n) is 14.7. The summed E-state index contributed by atoms with van der Waals surface area (Å²) >= 11 is 6.52. The second-order valence-corrected chi connectivity index (χ2v) is 18.2. The molecule has 0 spiro atoms. The van der Waals surface area contributed by atoms with Gasteiger partial charge in [0.2, 0.25) is 0 Å². The molecule has 0 amide bonds. The summed E-state index contributed by atoms with van der Waals surface area (Å²) in [4.78, 5) is 9.56. The van der Waals surface area contributed by atoms with E-state index in [-0.39, 0.29) is 23.5 Å².